The predicted molar refractivity (Wildman–Crippen MR) is 168 cm³/mol. The van der Waals surface area contributed by atoms with Crippen LogP contribution in [0, 0.1) is 38.5 Å². The van der Waals surface area contributed by atoms with Crippen LogP contribution in [-0.4, -0.2) is 84.9 Å². The van der Waals surface area contributed by atoms with Gasteiger partial charge in [-0.25, -0.2) is 4.79 Å². The van der Waals surface area contributed by atoms with Crippen molar-refractivity contribution in [3.63, 3.8) is 0 Å². The van der Waals surface area contributed by atoms with Gasteiger partial charge >= 0.3 is 6.03 Å². The number of fused-ring (bicyclic) bond motifs is 1. The van der Waals surface area contributed by atoms with Crippen molar-refractivity contribution in [1.29, 1.82) is 0 Å². The summed E-state index contributed by atoms with van der Waals surface area (Å²) in [5, 5.41) is 3.81. The van der Waals surface area contributed by atoms with Gasteiger partial charge < -0.3 is 24.9 Å². The summed E-state index contributed by atoms with van der Waals surface area (Å²) in [6, 6.07) is 11.9. The summed E-state index contributed by atoms with van der Waals surface area (Å²) < 4.78 is 0. The van der Waals surface area contributed by atoms with Crippen LogP contribution in [0.2, 0.25) is 5.02 Å². The van der Waals surface area contributed by atoms with Crippen LogP contribution in [0.3, 0.4) is 0 Å². The number of rotatable bonds is 7. The second-order valence-electron chi connectivity index (χ2n) is 12.4. The Balaban J connectivity index is 1.14. The van der Waals surface area contributed by atoms with Gasteiger partial charge in [0, 0.05) is 75.1 Å². The number of benzene rings is 2. The molecular formula is C33H44ClN5O3. The largest absolute Gasteiger partial charge is 0.343 e. The molecule has 226 valence electrons. The summed E-state index contributed by atoms with van der Waals surface area (Å²) in [7, 11) is 0. The Morgan fingerprint density at radius 1 is 0.905 bits per heavy atom. The van der Waals surface area contributed by atoms with Gasteiger partial charge in [-0.3, -0.25) is 9.59 Å². The molecule has 42 heavy (non-hydrogen) atoms. The number of urea groups is 1. The minimum atomic E-state index is -0.0904. The van der Waals surface area contributed by atoms with Crippen molar-refractivity contribution in [2.75, 3.05) is 62.6 Å². The molecule has 3 saturated heterocycles. The van der Waals surface area contributed by atoms with Crippen LogP contribution < -0.4 is 10.2 Å². The zero-order valence-electron chi connectivity index (χ0n) is 25.4. The molecule has 5 rings (SSSR count). The SMILES string of the molecule is CC(=O)N1CCC(C(=O)N(CCCN2CC3CN(C(=O)Nc4c(C)cccc4C)CC3C2)c2ccc(C)c(Cl)c2)CC1. The minimum absolute atomic E-state index is 0.00611. The van der Waals surface area contributed by atoms with E-state index in [1.54, 1.807) is 6.92 Å². The third kappa shape index (κ3) is 6.76. The summed E-state index contributed by atoms with van der Waals surface area (Å²) in [6.45, 7) is 13.9. The number of likely N-dealkylation sites (tertiary alicyclic amines) is 3. The van der Waals surface area contributed by atoms with Gasteiger partial charge in [-0.1, -0.05) is 35.9 Å². The molecule has 0 radical (unpaired) electrons. The summed E-state index contributed by atoms with van der Waals surface area (Å²) in [5.41, 5.74) is 4.91. The number of carbonyl (C=O) groups excluding carboxylic acids is 3. The van der Waals surface area contributed by atoms with Crippen LogP contribution in [0.5, 0.6) is 0 Å². The Morgan fingerprint density at radius 3 is 2.14 bits per heavy atom. The van der Waals surface area contributed by atoms with Gasteiger partial charge in [0.25, 0.3) is 0 Å². The van der Waals surface area contributed by atoms with E-state index >= 15 is 0 Å². The number of hydrogen-bond acceptors (Lipinski definition) is 4. The molecule has 0 saturated carbocycles. The zero-order valence-corrected chi connectivity index (χ0v) is 26.1. The van der Waals surface area contributed by atoms with Crippen LogP contribution in [0.25, 0.3) is 0 Å². The normalized spacial score (nSPS) is 21.0. The number of hydrogen-bond donors (Lipinski definition) is 1. The van der Waals surface area contributed by atoms with E-state index in [4.69, 9.17) is 11.6 Å². The highest BCUT2D eigenvalue weighted by Gasteiger charge is 2.41. The second-order valence-corrected chi connectivity index (χ2v) is 12.8. The lowest BCUT2D eigenvalue weighted by Crippen LogP contribution is -2.44. The number of piperidine rings is 1. The van der Waals surface area contributed by atoms with Crippen LogP contribution in [0.4, 0.5) is 16.2 Å². The van der Waals surface area contributed by atoms with Gasteiger partial charge in [0.15, 0.2) is 0 Å². The van der Waals surface area contributed by atoms with Crippen molar-refractivity contribution in [2.24, 2.45) is 17.8 Å². The second kappa shape index (κ2) is 13.0. The number of para-hydroxylation sites is 1. The lowest BCUT2D eigenvalue weighted by molar-refractivity contribution is -0.133. The Labute approximate surface area is 255 Å². The van der Waals surface area contributed by atoms with E-state index in [1.165, 1.54) is 0 Å². The fourth-order valence-corrected chi connectivity index (χ4v) is 7.04. The van der Waals surface area contributed by atoms with Crippen molar-refractivity contribution in [1.82, 2.24) is 14.7 Å². The van der Waals surface area contributed by atoms with E-state index in [-0.39, 0.29) is 23.8 Å². The highest BCUT2D eigenvalue weighted by molar-refractivity contribution is 6.31. The minimum Gasteiger partial charge on any atom is -0.343 e. The van der Waals surface area contributed by atoms with E-state index in [0.717, 1.165) is 67.2 Å². The topological polar surface area (TPSA) is 76.2 Å². The van der Waals surface area contributed by atoms with Gasteiger partial charge in [0.05, 0.1) is 0 Å². The molecule has 0 aromatic heterocycles. The maximum Gasteiger partial charge on any atom is 0.321 e. The number of nitrogens with one attached hydrogen (secondary N) is 1. The van der Waals surface area contributed by atoms with Gasteiger partial charge in [-0.2, -0.15) is 0 Å². The lowest BCUT2D eigenvalue weighted by Gasteiger charge is -2.34. The van der Waals surface area contributed by atoms with Crippen molar-refractivity contribution in [2.45, 2.75) is 47.0 Å². The number of aryl methyl sites for hydroxylation is 3. The molecule has 0 aliphatic carbocycles. The third-order valence-electron chi connectivity index (χ3n) is 9.44. The maximum absolute atomic E-state index is 13.8. The zero-order chi connectivity index (χ0) is 30.0. The van der Waals surface area contributed by atoms with Gasteiger partial charge in [-0.15, -0.1) is 0 Å². The standard InChI is InChI=1S/C33H44ClN5O3/c1-22-9-10-29(17-30(22)34)39(32(41)26-11-15-37(16-12-26)25(4)40)14-6-13-36-18-27-20-38(21-28(27)19-36)33(42)35-31-23(2)7-5-8-24(31)3/h5,7-10,17,26-28H,6,11-16,18-21H2,1-4H3,(H,35,42). The number of amides is 4. The first-order valence-corrected chi connectivity index (χ1v) is 15.7. The smallest absolute Gasteiger partial charge is 0.321 e. The van der Waals surface area contributed by atoms with Crippen molar-refractivity contribution in [3.8, 4) is 0 Å². The highest BCUT2D eigenvalue weighted by atomic mass is 35.5. The van der Waals surface area contributed by atoms with E-state index in [0.29, 0.717) is 49.3 Å². The van der Waals surface area contributed by atoms with Crippen LogP contribution in [0.15, 0.2) is 36.4 Å². The molecule has 3 aliphatic heterocycles. The molecule has 2 unspecified atom stereocenters. The molecule has 2 aromatic carbocycles. The molecule has 8 nitrogen and oxygen atoms in total. The molecule has 0 bridgehead atoms. The van der Waals surface area contributed by atoms with Crippen molar-refractivity contribution < 1.29 is 14.4 Å². The lowest BCUT2D eigenvalue weighted by atomic mass is 9.94. The summed E-state index contributed by atoms with van der Waals surface area (Å²) in [4.78, 5) is 46.8. The Kier molecular flexibility index (Phi) is 9.43. The molecule has 0 spiro atoms. The Hall–Kier alpha value is -3.10. The average Bonchev–Trinajstić information content (AvgIpc) is 3.54. The summed E-state index contributed by atoms with van der Waals surface area (Å²) in [5.74, 6) is 1.07. The van der Waals surface area contributed by atoms with Gasteiger partial charge in [0.2, 0.25) is 11.8 Å². The van der Waals surface area contributed by atoms with E-state index in [1.807, 2.05) is 71.9 Å². The molecule has 1 N–H and O–H groups in total. The quantitative estimate of drug-likeness (QED) is 0.470. The van der Waals surface area contributed by atoms with Crippen molar-refractivity contribution >= 4 is 40.8 Å². The molecule has 3 heterocycles. The average molecular weight is 594 g/mol. The fraction of sp³-hybridized carbons (Fsp3) is 0.545. The van der Waals surface area contributed by atoms with E-state index in [9.17, 15) is 14.4 Å². The molecule has 2 atom stereocenters. The number of anilines is 2. The monoisotopic (exact) mass is 593 g/mol. The van der Waals surface area contributed by atoms with Crippen LogP contribution in [-0.2, 0) is 9.59 Å². The van der Waals surface area contributed by atoms with Crippen LogP contribution >= 0.6 is 11.6 Å². The summed E-state index contributed by atoms with van der Waals surface area (Å²) >= 11 is 6.47. The molecule has 2 aromatic rings. The molecule has 3 fully saturated rings. The van der Waals surface area contributed by atoms with E-state index in [2.05, 4.69) is 10.2 Å². The predicted octanol–water partition coefficient (Wildman–Crippen LogP) is 5.34. The number of nitrogens with zero attached hydrogens (tertiary/aromatic N) is 4. The molecule has 4 amide bonds. The van der Waals surface area contributed by atoms with Crippen molar-refractivity contribution in [3.05, 3.63) is 58.1 Å². The molecule has 3 aliphatic rings. The van der Waals surface area contributed by atoms with Crippen LogP contribution in [0.1, 0.15) is 42.9 Å². The first kappa shape index (κ1) is 30.4. The van der Waals surface area contributed by atoms with Gasteiger partial charge in [-0.05, 0) is 87.2 Å². The highest BCUT2D eigenvalue weighted by Crippen LogP contribution is 2.33. The first-order valence-electron chi connectivity index (χ1n) is 15.3. The molecule has 9 heteroatoms. The Bertz CT molecular complexity index is 1290. The first-order chi connectivity index (χ1) is 20.1. The molecular weight excluding hydrogens is 550 g/mol. The third-order valence-corrected chi connectivity index (χ3v) is 9.85. The summed E-state index contributed by atoms with van der Waals surface area (Å²) in [6.07, 6.45) is 2.24. The Morgan fingerprint density at radius 2 is 1.55 bits per heavy atom. The maximum atomic E-state index is 13.8. The van der Waals surface area contributed by atoms with Gasteiger partial charge in [0.1, 0.15) is 0 Å². The fourth-order valence-electron chi connectivity index (χ4n) is 6.87. The number of carbonyl (C=O) groups is 3. The number of halogens is 1. The van der Waals surface area contributed by atoms with E-state index < -0.39 is 0 Å².